The first kappa shape index (κ1) is 45.5. The number of ketones is 2. The zero-order valence-corrected chi connectivity index (χ0v) is 38.0. The van der Waals surface area contributed by atoms with E-state index in [2.05, 4.69) is 58.9 Å². The molecule has 1 spiro atoms. The molecule has 4 fully saturated rings. The van der Waals surface area contributed by atoms with Crippen molar-refractivity contribution in [3.05, 3.63) is 94.8 Å². The number of hydrogen-bond acceptors (Lipinski definition) is 10. The number of ether oxygens (including phenoxy) is 1. The highest BCUT2D eigenvalue weighted by Gasteiger charge is 2.53. The molecule has 2 aliphatic heterocycles. The number of fused-ring (bicyclic) bond motifs is 5. The zero-order valence-electron chi connectivity index (χ0n) is 38.0. The second-order valence-electron chi connectivity index (χ2n) is 20.4. The molecule has 2 heterocycles. The van der Waals surface area contributed by atoms with E-state index in [9.17, 15) is 30.0 Å². The lowest BCUT2D eigenvalue weighted by Crippen LogP contribution is -2.57. The van der Waals surface area contributed by atoms with Crippen molar-refractivity contribution in [3.63, 3.8) is 0 Å². The summed E-state index contributed by atoms with van der Waals surface area (Å²) >= 11 is 0. The molecule has 3 aromatic carbocycles. The van der Waals surface area contributed by atoms with Crippen LogP contribution in [0.1, 0.15) is 118 Å². The predicted molar refractivity (Wildman–Crippen MR) is 253 cm³/mol. The molecule has 0 bridgehead atoms. The molecule has 12 unspecified atom stereocenters. The van der Waals surface area contributed by atoms with E-state index < -0.39 is 23.5 Å². The number of nitrogens with two attached hydrogens (primary N) is 1. The van der Waals surface area contributed by atoms with Crippen molar-refractivity contribution in [2.75, 3.05) is 26.8 Å². The highest BCUT2D eigenvalue weighted by molar-refractivity contribution is 5.89. The van der Waals surface area contributed by atoms with Crippen LogP contribution in [0, 0.1) is 52.8 Å². The lowest BCUT2D eigenvalue weighted by Gasteiger charge is -2.54. The van der Waals surface area contributed by atoms with Crippen LogP contribution in [-0.2, 0) is 16.0 Å². The summed E-state index contributed by atoms with van der Waals surface area (Å²) in [6.07, 6.45) is 12.5. The van der Waals surface area contributed by atoms with Crippen molar-refractivity contribution in [1.29, 1.82) is 0 Å². The molecule has 4 aliphatic carbocycles. The van der Waals surface area contributed by atoms with E-state index in [4.69, 9.17) is 10.5 Å². The first-order valence-corrected chi connectivity index (χ1v) is 24.6. The maximum absolute atomic E-state index is 14.6. The number of carbonyl (C=O) groups is 2. The van der Waals surface area contributed by atoms with Crippen LogP contribution in [-0.4, -0.2) is 77.0 Å². The monoisotopic (exact) mass is 884 g/mol. The number of aliphatic hydroxyl groups excluding tert-OH is 3. The summed E-state index contributed by atoms with van der Waals surface area (Å²) in [6.45, 7) is 1.70. The summed E-state index contributed by atoms with van der Waals surface area (Å²) in [5.74, 6) is 10.5. The van der Waals surface area contributed by atoms with Gasteiger partial charge in [-0.3, -0.25) is 9.59 Å². The lowest BCUT2D eigenvalue weighted by molar-refractivity contribution is -0.136. The number of hydrogen-bond donors (Lipinski definition) is 7. The van der Waals surface area contributed by atoms with E-state index in [1.54, 1.807) is 6.07 Å². The Hall–Kier alpha value is -4.66. The summed E-state index contributed by atoms with van der Waals surface area (Å²) in [5.41, 5.74) is 8.94. The summed E-state index contributed by atoms with van der Waals surface area (Å²) in [6, 6.07) is 18.6. The Morgan fingerprint density at radius 2 is 1.80 bits per heavy atom. The van der Waals surface area contributed by atoms with Gasteiger partial charge in [0.05, 0.1) is 25.1 Å². The smallest absolute Gasteiger partial charge is 0.160 e. The number of allylic oxidation sites excluding steroid dienone is 2. The Morgan fingerprint density at radius 1 is 0.954 bits per heavy atom. The maximum atomic E-state index is 14.6. The minimum Gasteiger partial charge on any atom is -0.504 e. The highest BCUT2D eigenvalue weighted by Crippen LogP contribution is 2.54. The van der Waals surface area contributed by atoms with E-state index in [1.165, 1.54) is 7.11 Å². The molecule has 10 heteroatoms. The number of piperidine rings is 1. The minimum atomic E-state index is -1.21. The van der Waals surface area contributed by atoms with Crippen molar-refractivity contribution in [2.45, 2.75) is 126 Å². The number of benzene rings is 3. The van der Waals surface area contributed by atoms with Gasteiger partial charge in [-0.15, -0.1) is 0 Å². The van der Waals surface area contributed by atoms with Gasteiger partial charge in [-0.1, -0.05) is 60.4 Å². The summed E-state index contributed by atoms with van der Waals surface area (Å²) in [4.78, 5) is 27.0. The number of Topliss-reactive ketones (excluding diaryl/α,β-unsaturated/α-hetero) is 2. The lowest BCUT2D eigenvalue weighted by atomic mass is 9.54. The zero-order chi connectivity index (χ0) is 45.2. The third-order valence-electron chi connectivity index (χ3n) is 16.9. The van der Waals surface area contributed by atoms with Crippen LogP contribution in [0.5, 0.6) is 11.5 Å². The number of carbonyl (C=O) groups excluding carboxylic acids is 2. The van der Waals surface area contributed by atoms with Crippen LogP contribution >= 0.6 is 0 Å². The van der Waals surface area contributed by atoms with E-state index >= 15 is 0 Å². The average Bonchev–Trinajstić information content (AvgIpc) is 3.36. The molecule has 3 saturated carbocycles. The molecule has 0 radical (unpaired) electrons. The Labute approximate surface area is 384 Å². The van der Waals surface area contributed by atoms with Gasteiger partial charge >= 0.3 is 0 Å². The largest absolute Gasteiger partial charge is 0.504 e. The molecule has 0 aromatic heterocycles. The van der Waals surface area contributed by atoms with Crippen LogP contribution in [0.4, 0.5) is 0 Å². The normalized spacial score (nSPS) is 32.2. The fourth-order valence-electron chi connectivity index (χ4n) is 13.4. The van der Waals surface area contributed by atoms with Crippen molar-refractivity contribution >= 4 is 22.3 Å². The fraction of sp³-hybridized carbons (Fsp3) is 0.564. The highest BCUT2D eigenvalue weighted by atomic mass is 16.5. The van der Waals surface area contributed by atoms with Crippen LogP contribution in [0.25, 0.3) is 10.8 Å². The molecule has 1 saturated heterocycles. The summed E-state index contributed by atoms with van der Waals surface area (Å²) < 4.78 is 5.54. The number of rotatable bonds is 12. The first-order chi connectivity index (χ1) is 31.5. The topological polar surface area (TPSA) is 174 Å². The van der Waals surface area contributed by atoms with Crippen LogP contribution in [0.3, 0.4) is 0 Å². The standard InChI is InChI=1S/C55H69N3O7/c1-65-51-26-38-11-15-52(63)55(20-17-39(27-53(55)64)45-25-41-32-58-49-30-43(61)13-14-44(49)48(41)24-36(45)7-4-22-59)19-16-34(47(38)31-50(51)62)10-12-42(60)29-46(40-18-21-57-54(56)28-40)37-9-8-33-5-2-3-6-35(33)23-37/h2-3,5-6,8-9,18,23,26,28,31,34,36,39,41-42,44-46,48-49,53,57-60,62,64H,4,7,10-15,17,20-22,24-25,27,29-30,32,56H2,1H3. The fourth-order valence-corrected chi connectivity index (χ4v) is 13.4. The summed E-state index contributed by atoms with van der Waals surface area (Å²) in [5, 5.41) is 54.6. The number of methoxy groups -OCH3 is 1. The second kappa shape index (κ2) is 19.7. The van der Waals surface area contributed by atoms with Crippen molar-refractivity contribution in [3.8, 4) is 23.3 Å². The van der Waals surface area contributed by atoms with E-state index in [0.717, 1.165) is 78.1 Å². The van der Waals surface area contributed by atoms with Crippen LogP contribution in [0.2, 0.25) is 0 Å². The Bertz CT molecular complexity index is 2360. The molecule has 12 atom stereocenters. The van der Waals surface area contributed by atoms with Crippen molar-refractivity contribution in [2.24, 2.45) is 46.7 Å². The average molecular weight is 884 g/mol. The number of phenols is 1. The molecule has 346 valence electrons. The van der Waals surface area contributed by atoms with Gasteiger partial charge in [0.2, 0.25) is 0 Å². The molecule has 0 amide bonds. The number of aromatic hydroxyl groups is 1. The van der Waals surface area contributed by atoms with Crippen LogP contribution in [0.15, 0.2) is 78.1 Å². The van der Waals surface area contributed by atoms with Gasteiger partial charge in [0.1, 0.15) is 11.2 Å². The molecule has 9 rings (SSSR count). The van der Waals surface area contributed by atoms with Crippen LogP contribution < -0.4 is 21.1 Å². The molecular formula is C55H69N3O7. The van der Waals surface area contributed by atoms with Gasteiger partial charge in [0.25, 0.3) is 0 Å². The van der Waals surface area contributed by atoms with Gasteiger partial charge in [0.15, 0.2) is 17.3 Å². The van der Waals surface area contributed by atoms with Gasteiger partial charge in [-0.2, -0.15) is 0 Å². The Morgan fingerprint density at radius 3 is 2.60 bits per heavy atom. The quantitative estimate of drug-likeness (QED) is 0.0914. The molecule has 8 N–H and O–H groups in total. The third-order valence-corrected chi connectivity index (χ3v) is 16.9. The maximum Gasteiger partial charge on any atom is 0.160 e. The molecule has 3 aromatic rings. The number of dihydropyridines is 1. The van der Waals surface area contributed by atoms with Gasteiger partial charge in [-0.05, 0) is 170 Å². The van der Waals surface area contributed by atoms with Gasteiger partial charge in [-0.25, -0.2) is 0 Å². The van der Waals surface area contributed by atoms with E-state index in [1.807, 2.05) is 24.3 Å². The molecule has 10 nitrogen and oxygen atoms in total. The predicted octanol–water partition coefficient (Wildman–Crippen LogP) is 7.32. The number of aliphatic hydroxyl groups is 3. The third kappa shape index (κ3) is 9.50. The Balaban J connectivity index is 0.960. The Kier molecular flexibility index (Phi) is 13.8. The SMILES string of the molecule is COc1cc2c(cc1O)C(CCC(O)CC(C1=CCNC(N)=C1)c1ccc3ccccc3c1)C#CC1(CCC(C3CC4CNC5CC(=O)CCC5C4CC3CCCO)CC1O)C(=O)CC2. The minimum absolute atomic E-state index is 0.00385. The van der Waals surface area contributed by atoms with Crippen molar-refractivity contribution in [1.82, 2.24) is 10.6 Å². The van der Waals surface area contributed by atoms with E-state index in [-0.39, 0.29) is 42.4 Å². The molecular weight excluding hydrogens is 815 g/mol. The van der Waals surface area contributed by atoms with E-state index in [0.29, 0.717) is 105 Å². The molecule has 6 aliphatic rings. The number of aryl methyl sites for hydroxylation is 1. The molecule has 65 heavy (non-hydrogen) atoms. The number of nitrogens with one attached hydrogen (secondary N) is 2. The number of phenolic OH excluding ortho intramolecular Hbond substituents is 1. The van der Waals surface area contributed by atoms with Gasteiger partial charge in [0, 0.05) is 50.3 Å². The van der Waals surface area contributed by atoms with Gasteiger partial charge < -0.3 is 41.5 Å². The summed E-state index contributed by atoms with van der Waals surface area (Å²) in [7, 11) is 1.52. The van der Waals surface area contributed by atoms with Crippen molar-refractivity contribution < 1.29 is 34.8 Å². The first-order valence-electron chi connectivity index (χ1n) is 24.6. The second-order valence-corrected chi connectivity index (χ2v) is 20.4.